The number of para-hydroxylation sites is 1. The summed E-state index contributed by atoms with van der Waals surface area (Å²) >= 11 is 0. The molecule has 1 fully saturated rings. The van der Waals surface area contributed by atoms with Crippen molar-refractivity contribution < 1.29 is 4.79 Å². The average molecular weight is 246 g/mol. The average Bonchev–Trinajstić information content (AvgIpc) is 2.94. The van der Waals surface area contributed by atoms with Crippen molar-refractivity contribution in [2.75, 3.05) is 24.5 Å². The van der Waals surface area contributed by atoms with Gasteiger partial charge in [-0.15, -0.1) is 0 Å². The van der Waals surface area contributed by atoms with Gasteiger partial charge in [0.1, 0.15) is 0 Å². The Morgan fingerprint density at radius 3 is 2.44 bits per heavy atom. The molecule has 0 aliphatic carbocycles. The molecule has 0 saturated carbocycles. The number of anilines is 1. The Kier molecular flexibility index (Phi) is 4.37. The number of likely N-dealkylation sites (N-methyl/N-ethyl adjacent to an activating group) is 1. The first-order valence-electron chi connectivity index (χ1n) is 6.84. The van der Waals surface area contributed by atoms with Gasteiger partial charge in [0, 0.05) is 12.2 Å². The fraction of sp³-hybridized carbons (Fsp3) is 0.533. The van der Waals surface area contributed by atoms with Crippen LogP contribution in [0.2, 0.25) is 0 Å². The molecule has 98 valence electrons. The van der Waals surface area contributed by atoms with Gasteiger partial charge in [0.05, 0.1) is 6.04 Å². The van der Waals surface area contributed by atoms with Gasteiger partial charge in [-0.3, -0.25) is 9.69 Å². The van der Waals surface area contributed by atoms with Crippen molar-refractivity contribution in [3.05, 3.63) is 30.3 Å². The summed E-state index contributed by atoms with van der Waals surface area (Å²) < 4.78 is 0. The van der Waals surface area contributed by atoms with Gasteiger partial charge in [-0.25, -0.2) is 0 Å². The monoisotopic (exact) mass is 246 g/mol. The predicted octanol–water partition coefficient (Wildman–Crippen LogP) is 2.52. The zero-order chi connectivity index (χ0) is 13.0. The lowest BCUT2D eigenvalue weighted by Crippen LogP contribution is -2.46. The van der Waals surface area contributed by atoms with E-state index in [1.165, 1.54) is 12.8 Å². The second-order valence-corrected chi connectivity index (χ2v) is 4.84. The second-order valence-electron chi connectivity index (χ2n) is 4.84. The van der Waals surface area contributed by atoms with Crippen molar-refractivity contribution in [3.63, 3.8) is 0 Å². The molecule has 1 aliphatic heterocycles. The molecule has 0 bridgehead atoms. The first kappa shape index (κ1) is 13.1. The summed E-state index contributed by atoms with van der Waals surface area (Å²) in [6, 6.07) is 9.92. The van der Waals surface area contributed by atoms with Gasteiger partial charge >= 0.3 is 0 Å². The molecule has 1 unspecified atom stereocenters. The first-order valence-corrected chi connectivity index (χ1v) is 6.84. The molecule has 3 nitrogen and oxygen atoms in total. The maximum absolute atomic E-state index is 12.5. The van der Waals surface area contributed by atoms with Gasteiger partial charge in [0.15, 0.2) is 0 Å². The molecule has 3 heteroatoms. The summed E-state index contributed by atoms with van der Waals surface area (Å²) in [6.45, 7) is 6.89. The summed E-state index contributed by atoms with van der Waals surface area (Å²) in [5, 5.41) is 0. The van der Waals surface area contributed by atoms with Crippen LogP contribution >= 0.6 is 0 Å². The zero-order valence-corrected chi connectivity index (χ0v) is 11.3. The minimum absolute atomic E-state index is 0.00680. The van der Waals surface area contributed by atoms with Crippen molar-refractivity contribution in [3.8, 4) is 0 Å². The van der Waals surface area contributed by atoms with Crippen LogP contribution in [0.25, 0.3) is 0 Å². The third-order valence-electron chi connectivity index (χ3n) is 3.70. The molecule has 1 heterocycles. The standard InChI is InChI=1S/C15H22N2O/c1-3-17(14-9-5-4-6-10-14)15(18)13(2)16-11-7-8-12-16/h4-6,9-10,13H,3,7-8,11-12H2,1-2H3. The molecule has 1 aromatic carbocycles. The molecule has 1 amide bonds. The second kappa shape index (κ2) is 6.01. The Bertz CT molecular complexity index is 385. The van der Waals surface area contributed by atoms with E-state index in [1.54, 1.807) is 0 Å². The molecule has 1 atom stereocenters. The highest BCUT2D eigenvalue weighted by Gasteiger charge is 2.27. The number of hydrogen-bond acceptors (Lipinski definition) is 2. The van der Waals surface area contributed by atoms with Crippen LogP contribution in [0.4, 0.5) is 5.69 Å². The SMILES string of the molecule is CCN(C(=O)C(C)N1CCCC1)c1ccccc1. The normalized spacial score (nSPS) is 17.7. The quantitative estimate of drug-likeness (QED) is 0.815. The van der Waals surface area contributed by atoms with E-state index in [2.05, 4.69) is 4.90 Å². The lowest BCUT2D eigenvalue weighted by molar-refractivity contribution is -0.122. The number of carbonyl (C=O) groups excluding carboxylic acids is 1. The molecule has 1 aromatic rings. The number of benzene rings is 1. The number of rotatable bonds is 4. The molecular weight excluding hydrogens is 224 g/mol. The number of likely N-dealkylation sites (tertiary alicyclic amines) is 1. The topological polar surface area (TPSA) is 23.6 Å². The lowest BCUT2D eigenvalue weighted by Gasteiger charge is -2.29. The Morgan fingerprint density at radius 2 is 1.89 bits per heavy atom. The molecule has 0 N–H and O–H groups in total. The zero-order valence-electron chi connectivity index (χ0n) is 11.3. The Balaban J connectivity index is 2.10. The Hall–Kier alpha value is -1.35. The largest absolute Gasteiger partial charge is 0.311 e. The number of amides is 1. The van der Waals surface area contributed by atoms with E-state index in [4.69, 9.17) is 0 Å². The van der Waals surface area contributed by atoms with Crippen molar-refractivity contribution in [1.82, 2.24) is 4.90 Å². The van der Waals surface area contributed by atoms with Gasteiger partial charge in [0.2, 0.25) is 5.91 Å². The number of nitrogens with zero attached hydrogens (tertiary/aromatic N) is 2. The Morgan fingerprint density at radius 1 is 1.28 bits per heavy atom. The highest BCUT2D eigenvalue weighted by atomic mass is 16.2. The molecule has 1 saturated heterocycles. The van der Waals surface area contributed by atoms with Gasteiger partial charge in [-0.05, 0) is 51.9 Å². The predicted molar refractivity (Wildman–Crippen MR) is 74.7 cm³/mol. The first-order chi connectivity index (χ1) is 8.74. The van der Waals surface area contributed by atoms with Crippen LogP contribution in [-0.4, -0.2) is 36.5 Å². The minimum Gasteiger partial charge on any atom is -0.311 e. The van der Waals surface area contributed by atoms with Gasteiger partial charge in [-0.1, -0.05) is 18.2 Å². The third kappa shape index (κ3) is 2.72. The van der Waals surface area contributed by atoms with E-state index in [-0.39, 0.29) is 11.9 Å². The summed E-state index contributed by atoms with van der Waals surface area (Å²) in [5.74, 6) is 0.214. The molecule has 2 rings (SSSR count). The van der Waals surface area contributed by atoms with Crippen LogP contribution in [0.3, 0.4) is 0 Å². The number of hydrogen-bond donors (Lipinski definition) is 0. The van der Waals surface area contributed by atoms with Gasteiger partial charge in [-0.2, -0.15) is 0 Å². The molecule has 0 aromatic heterocycles. The lowest BCUT2D eigenvalue weighted by atomic mass is 10.2. The fourth-order valence-electron chi connectivity index (χ4n) is 2.58. The molecule has 18 heavy (non-hydrogen) atoms. The Labute approximate surface area is 109 Å². The highest BCUT2D eigenvalue weighted by Crippen LogP contribution is 2.18. The van der Waals surface area contributed by atoms with Gasteiger partial charge in [0.25, 0.3) is 0 Å². The van der Waals surface area contributed by atoms with E-state index in [0.717, 1.165) is 25.3 Å². The van der Waals surface area contributed by atoms with Crippen LogP contribution in [0.15, 0.2) is 30.3 Å². The van der Waals surface area contributed by atoms with Crippen LogP contribution in [0.1, 0.15) is 26.7 Å². The van der Waals surface area contributed by atoms with Crippen LogP contribution in [-0.2, 0) is 4.79 Å². The van der Waals surface area contributed by atoms with E-state index in [1.807, 2.05) is 49.1 Å². The summed E-state index contributed by atoms with van der Waals surface area (Å²) in [5.41, 5.74) is 0.996. The van der Waals surface area contributed by atoms with Crippen molar-refractivity contribution >= 4 is 11.6 Å². The van der Waals surface area contributed by atoms with Crippen LogP contribution in [0, 0.1) is 0 Å². The molecule has 0 spiro atoms. The van der Waals surface area contributed by atoms with Crippen LogP contribution in [0.5, 0.6) is 0 Å². The van der Waals surface area contributed by atoms with E-state index in [9.17, 15) is 4.79 Å². The third-order valence-corrected chi connectivity index (χ3v) is 3.70. The van der Waals surface area contributed by atoms with E-state index < -0.39 is 0 Å². The smallest absolute Gasteiger partial charge is 0.244 e. The van der Waals surface area contributed by atoms with E-state index in [0.29, 0.717) is 0 Å². The number of carbonyl (C=O) groups is 1. The van der Waals surface area contributed by atoms with E-state index >= 15 is 0 Å². The summed E-state index contributed by atoms with van der Waals surface area (Å²) in [4.78, 5) is 16.7. The molecular formula is C15H22N2O. The summed E-state index contributed by atoms with van der Waals surface area (Å²) in [6.07, 6.45) is 2.43. The van der Waals surface area contributed by atoms with Crippen molar-refractivity contribution in [2.45, 2.75) is 32.7 Å². The van der Waals surface area contributed by atoms with Crippen molar-refractivity contribution in [1.29, 1.82) is 0 Å². The van der Waals surface area contributed by atoms with Gasteiger partial charge < -0.3 is 4.90 Å². The molecule has 0 radical (unpaired) electrons. The maximum atomic E-state index is 12.5. The highest BCUT2D eigenvalue weighted by molar-refractivity contribution is 5.96. The molecule has 1 aliphatic rings. The van der Waals surface area contributed by atoms with Crippen molar-refractivity contribution in [2.24, 2.45) is 0 Å². The minimum atomic E-state index is -0.00680. The summed E-state index contributed by atoms with van der Waals surface area (Å²) in [7, 11) is 0. The maximum Gasteiger partial charge on any atom is 0.244 e. The fourth-order valence-corrected chi connectivity index (χ4v) is 2.58. The van der Waals surface area contributed by atoms with Crippen LogP contribution < -0.4 is 4.90 Å².